The van der Waals surface area contributed by atoms with Gasteiger partial charge in [-0.05, 0) is 54.1 Å². The van der Waals surface area contributed by atoms with E-state index in [1.54, 1.807) is 24.3 Å². The zero-order valence-corrected chi connectivity index (χ0v) is 22.6. The Hall–Kier alpha value is -2.47. The van der Waals surface area contributed by atoms with Gasteiger partial charge in [-0.15, -0.1) is 0 Å². The molecule has 2 unspecified atom stereocenters. The van der Waals surface area contributed by atoms with Crippen molar-refractivity contribution in [2.45, 2.75) is 23.1 Å². The molecule has 0 aromatic heterocycles. The molecule has 4 rings (SSSR count). The molecule has 13 heteroatoms. The fraction of sp³-hybridized carbons (Fsp3) is 0.167. The van der Waals surface area contributed by atoms with Crippen LogP contribution in [0.5, 0.6) is 0 Å². The molecule has 0 bridgehead atoms. The summed E-state index contributed by atoms with van der Waals surface area (Å²) in [6.07, 6.45) is -4.37. The standard InChI is InChI=1S/C24H15BrCl2F4N2O3S/c1-37(35,17-8-6-16(25)7-9-17)33-22(34)14-4-2-13(3-5-14)20-12-23(36-32-20,24(29,30)31)15-10-18(26)21(28)19(27)11-15/h2-11H,12H2,1H3. The van der Waals surface area contributed by atoms with Gasteiger partial charge in [0.15, 0.2) is 5.82 Å². The fourth-order valence-corrected chi connectivity index (χ4v) is 5.52. The lowest BCUT2D eigenvalue weighted by Gasteiger charge is -2.29. The highest BCUT2D eigenvalue weighted by molar-refractivity contribution is 9.10. The van der Waals surface area contributed by atoms with Crippen LogP contribution in [0.3, 0.4) is 0 Å². The quantitative estimate of drug-likeness (QED) is 0.217. The number of nitrogens with zero attached hydrogens (tertiary/aromatic N) is 2. The van der Waals surface area contributed by atoms with Crippen molar-refractivity contribution in [3.63, 3.8) is 0 Å². The van der Waals surface area contributed by atoms with E-state index in [-0.39, 0.29) is 16.8 Å². The third-order valence-corrected chi connectivity index (χ3v) is 8.35. The van der Waals surface area contributed by atoms with Crippen molar-refractivity contribution in [3.8, 4) is 0 Å². The van der Waals surface area contributed by atoms with Crippen LogP contribution in [0.25, 0.3) is 0 Å². The average molecular weight is 638 g/mol. The van der Waals surface area contributed by atoms with Crippen molar-refractivity contribution >= 4 is 60.5 Å². The highest BCUT2D eigenvalue weighted by atomic mass is 79.9. The molecule has 0 radical (unpaired) electrons. The number of hydrogen-bond donors (Lipinski definition) is 0. The van der Waals surface area contributed by atoms with Gasteiger partial charge in [-0.1, -0.05) is 56.4 Å². The molecule has 3 aromatic carbocycles. The fourth-order valence-electron chi connectivity index (χ4n) is 3.60. The number of carbonyl (C=O) groups excluding carboxylic acids is 1. The predicted molar refractivity (Wildman–Crippen MR) is 136 cm³/mol. The summed E-state index contributed by atoms with van der Waals surface area (Å²) >= 11 is 14.7. The Labute approximate surface area is 227 Å². The van der Waals surface area contributed by atoms with Crippen LogP contribution < -0.4 is 0 Å². The van der Waals surface area contributed by atoms with Crippen LogP contribution in [0.1, 0.15) is 27.9 Å². The molecule has 37 heavy (non-hydrogen) atoms. The van der Waals surface area contributed by atoms with Crippen LogP contribution >= 0.6 is 39.1 Å². The topological polar surface area (TPSA) is 68.1 Å². The van der Waals surface area contributed by atoms with E-state index in [9.17, 15) is 26.6 Å². The summed E-state index contributed by atoms with van der Waals surface area (Å²) in [4.78, 5) is 17.9. The number of alkyl halides is 3. The van der Waals surface area contributed by atoms with Crippen molar-refractivity contribution < 1.29 is 31.4 Å². The summed E-state index contributed by atoms with van der Waals surface area (Å²) in [6, 6.07) is 13.5. The Kier molecular flexibility index (Phi) is 7.46. The van der Waals surface area contributed by atoms with E-state index in [2.05, 4.69) is 25.4 Å². The van der Waals surface area contributed by atoms with Crippen LogP contribution in [0.2, 0.25) is 10.0 Å². The number of halogens is 7. The molecule has 1 aliphatic heterocycles. The van der Waals surface area contributed by atoms with Crippen LogP contribution in [-0.4, -0.2) is 28.3 Å². The molecule has 194 valence electrons. The molecule has 1 heterocycles. The summed E-state index contributed by atoms with van der Waals surface area (Å²) in [7, 11) is -3.04. The molecule has 3 aromatic rings. The number of benzene rings is 3. The van der Waals surface area contributed by atoms with Gasteiger partial charge in [0, 0.05) is 33.2 Å². The summed E-state index contributed by atoms with van der Waals surface area (Å²) in [5.41, 5.74) is -3.20. The summed E-state index contributed by atoms with van der Waals surface area (Å²) in [5.74, 6) is -1.81. The molecule has 0 saturated carbocycles. The maximum absolute atomic E-state index is 14.2. The Morgan fingerprint density at radius 2 is 1.65 bits per heavy atom. The summed E-state index contributed by atoms with van der Waals surface area (Å²) in [6.45, 7) is 0. The van der Waals surface area contributed by atoms with Gasteiger partial charge in [-0.2, -0.15) is 17.5 Å². The number of amides is 1. The monoisotopic (exact) mass is 636 g/mol. The number of carbonyl (C=O) groups is 1. The van der Waals surface area contributed by atoms with E-state index in [0.29, 0.717) is 4.90 Å². The van der Waals surface area contributed by atoms with Gasteiger partial charge in [0.25, 0.3) is 11.5 Å². The zero-order valence-electron chi connectivity index (χ0n) is 18.7. The number of rotatable bonds is 4. The van der Waals surface area contributed by atoms with Gasteiger partial charge < -0.3 is 4.84 Å². The third kappa shape index (κ3) is 5.41. The predicted octanol–water partition coefficient (Wildman–Crippen LogP) is 7.77. The maximum Gasteiger partial charge on any atom is 0.435 e. The smallest absolute Gasteiger partial charge is 0.374 e. The van der Waals surface area contributed by atoms with E-state index in [4.69, 9.17) is 28.0 Å². The van der Waals surface area contributed by atoms with E-state index in [0.717, 1.165) is 16.6 Å². The molecule has 1 aliphatic rings. The SMILES string of the molecule is CS(=O)(=NC(=O)c1ccc(C2=NOC(c3cc(Cl)c(F)c(Cl)c3)(C(F)(F)F)C2)cc1)c1ccc(Br)cc1. The highest BCUT2D eigenvalue weighted by Crippen LogP contribution is 2.50. The van der Waals surface area contributed by atoms with E-state index < -0.39 is 55.3 Å². The molecular weight excluding hydrogens is 623 g/mol. The largest absolute Gasteiger partial charge is 0.435 e. The first-order valence-corrected chi connectivity index (χ1v) is 13.8. The van der Waals surface area contributed by atoms with Crippen LogP contribution in [0.4, 0.5) is 17.6 Å². The molecule has 0 saturated heterocycles. The van der Waals surface area contributed by atoms with Crippen LogP contribution in [0.15, 0.2) is 79.6 Å². The first-order valence-electron chi connectivity index (χ1n) is 10.3. The normalized spacial score (nSPS) is 19.1. The second-order valence-corrected chi connectivity index (χ2v) is 12.1. The molecule has 1 amide bonds. The van der Waals surface area contributed by atoms with Gasteiger partial charge in [-0.25, -0.2) is 8.60 Å². The molecular formula is C24H15BrCl2F4N2O3S. The summed E-state index contributed by atoms with van der Waals surface area (Å²) < 4.78 is 73.9. The van der Waals surface area contributed by atoms with Gasteiger partial charge >= 0.3 is 6.18 Å². The molecule has 2 atom stereocenters. The van der Waals surface area contributed by atoms with Crippen LogP contribution in [0, 0.1) is 5.82 Å². The van der Waals surface area contributed by atoms with Gasteiger partial charge in [0.2, 0.25) is 0 Å². The Morgan fingerprint density at radius 3 is 2.19 bits per heavy atom. The zero-order chi connectivity index (χ0) is 27.2. The minimum Gasteiger partial charge on any atom is -0.374 e. The number of hydrogen-bond acceptors (Lipinski definition) is 4. The lowest BCUT2D eigenvalue weighted by molar-refractivity contribution is -0.275. The molecule has 0 spiro atoms. The second kappa shape index (κ2) is 10.0. The molecule has 0 N–H and O–H groups in total. The van der Waals surface area contributed by atoms with E-state index in [1.807, 2.05) is 0 Å². The van der Waals surface area contributed by atoms with Crippen molar-refractivity contribution in [2.24, 2.45) is 9.52 Å². The number of oxime groups is 1. The second-order valence-electron chi connectivity index (χ2n) is 8.11. The van der Waals surface area contributed by atoms with Crippen molar-refractivity contribution in [2.75, 3.05) is 6.26 Å². The highest BCUT2D eigenvalue weighted by Gasteiger charge is 2.62. The Bertz CT molecular complexity index is 1510. The van der Waals surface area contributed by atoms with Crippen molar-refractivity contribution in [1.82, 2.24) is 0 Å². The van der Waals surface area contributed by atoms with Crippen molar-refractivity contribution in [1.29, 1.82) is 0 Å². The first kappa shape index (κ1) is 27.6. The Morgan fingerprint density at radius 1 is 1.08 bits per heavy atom. The lowest BCUT2D eigenvalue weighted by atomic mass is 9.86. The van der Waals surface area contributed by atoms with E-state index in [1.165, 1.54) is 30.5 Å². The molecule has 0 fully saturated rings. The van der Waals surface area contributed by atoms with Crippen molar-refractivity contribution in [3.05, 3.63) is 97.7 Å². The lowest BCUT2D eigenvalue weighted by Crippen LogP contribution is -2.42. The first-order chi connectivity index (χ1) is 17.2. The van der Waals surface area contributed by atoms with Gasteiger partial charge in [0.1, 0.15) is 0 Å². The van der Waals surface area contributed by atoms with Gasteiger partial charge in [-0.3, -0.25) is 4.79 Å². The summed E-state index contributed by atoms with van der Waals surface area (Å²) in [5, 5.41) is 2.44. The maximum atomic E-state index is 14.2. The minimum atomic E-state index is -4.95. The molecule has 0 aliphatic carbocycles. The molecule has 5 nitrogen and oxygen atoms in total. The van der Waals surface area contributed by atoms with E-state index >= 15 is 0 Å². The Balaban J connectivity index is 1.60. The van der Waals surface area contributed by atoms with Crippen LogP contribution in [-0.2, 0) is 20.2 Å². The average Bonchev–Trinajstić information content (AvgIpc) is 3.29. The minimum absolute atomic E-state index is 0.0704. The van der Waals surface area contributed by atoms with Gasteiger partial charge in [0.05, 0.1) is 25.5 Å². The third-order valence-electron chi connectivity index (χ3n) is 5.61.